The molecule has 0 fully saturated rings. The first-order valence-corrected chi connectivity index (χ1v) is 14.5. The molecule has 0 atom stereocenters. The topological polar surface area (TPSA) is 9.23 Å². The molecule has 0 aliphatic heterocycles. The minimum atomic E-state index is -1.87. The summed E-state index contributed by atoms with van der Waals surface area (Å²) < 4.78 is 5.56. The van der Waals surface area contributed by atoms with Gasteiger partial charge in [-0.2, -0.15) is 0 Å². The molecule has 4 aromatic rings. The fourth-order valence-electron chi connectivity index (χ4n) is 4.91. The largest absolute Gasteiger partial charge is 0.496 e. The summed E-state index contributed by atoms with van der Waals surface area (Å²) in [6, 6.07) is 35.3. The van der Waals surface area contributed by atoms with E-state index in [0.717, 1.165) is 11.9 Å². The average molecular weight is 492 g/mol. The van der Waals surface area contributed by atoms with Crippen LogP contribution in [0, 0.1) is 20.8 Å². The van der Waals surface area contributed by atoms with Crippen molar-refractivity contribution in [2.24, 2.45) is 0 Å². The summed E-state index contributed by atoms with van der Waals surface area (Å²) in [6.07, 6.45) is 7.92. The second-order valence-electron chi connectivity index (χ2n) is 9.34. The maximum absolute atomic E-state index is 5.56. The molecule has 0 unspecified atom stereocenters. The highest BCUT2D eigenvalue weighted by Gasteiger charge is 2.44. The van der Waals surface area contributed by atoms with Crippen molar-refractivity contribution in [1.82, 2.24) is 0 Å². The first-order chi connectivity index (χ1) is 17.5. The highest BCUT2D eigenvalue weighted by molar-refractivity contribution is 7.95. The zero-order valence-electron chi connectivity index (χ0n) is 22.0. The second-order valence-corrected chi connectivity index (χ2v) is 12.9. The highest BCUT2D eigenvalue weighted by atomic mass is 31.2. The van der Waals surface area contributed by atoms with Crippen LogP contribution < -0.4 is 20.7 Å². The molecular weight excluding hydrogens is 455 g/mol. The number of hydrogen-bond acceptors (Lipinski definition) is 1. The first kappa shape index (κ1) is 25.7. The summed E-state index contributed by atoms with van der Waals surface area (Å²) in [4.78, 5) is 0. The van der Waals surface area contributed by atoms with E-state index in [-0.39, 0.29) is 0 Å². The van der Waals surface area contributed by atoms with Gasteiger partial charge in [0, 0.05) is 0 Å². The van der Waals surface area contributed by atoms with Gasteiger partial charge in [0.1, 0.15) is 28.9 Å². The van der Waals surface area contributed by atoms with E-state index in [4.69, 9.17) is 4.74 Å². The molecule has 0 aliphatic carbocycles. The molecule has 0 N–H and O–H groups in total. The van der Waals surface area contributed by atoms with Crippen molar-refractivity contribution in [1.29, 1.82) is 0 Å². The molecule has 0 heterocycles. The van der Waals surface area contributed by atoms with Crippen LogP contribution >= 0.6 is 7.26 Å². The quantitative estimate of drug-likeness (QED) is 0.182. The molecule has 0 radical (unpaired) electrons. The molecule has 2 heteroatoms. The van der Waals surface area contributed by atoms with Crippen molar-refractivity contribution in [2.75, 3.05) is 13.3 Å². The molecule has 0 amide bonds. The molecule has 0 saturated carbocycles. The van der Waals surface area contributed by atoms with Crippen LogP contribution in [0.15, 0.2) is 115 Å². The van der Waals surface area contributed by atoms with Crippen LogP contribution in [0.1, 0.15) is 29.2 Å². The number of rotatable bonds is 8. The number of ether oxygens (including phenoxy) is 1. The maximum atomic E-state index is 5.56. The summed E-state index contributed by atoms with van der Waals surface area (Å²) in [6.45, 7) is 8.68. The minimum absolute atomic E-state index is 0.956. The first-order valence-electron chi connectivity index (χ1n) is 12.5. The van der Waals surface area contributed by atoms with Crippen LogP contribution in [0.4, 0.5) is 0 Å². The standard InChI is InChI=1S/C34H36OP/c1-26(21-22-33-27(2)25-34(35-5)29(4)28(33)3)23-24-36(30-15-9-6-10-16-30,31-17-11-7-12-18-31)32-19-13-8-14-20-32/h6-23,25H,24H2,1-5H3/q+1/b22-21-,26-23+. The van der Waals surface area contributed by atoms with Crippen LogP contribution in [0.3, 0.4) is 0 Å². The summed E-state index contributed by atoms with van der Waals surface area (Å²) >= 11 is 0. The zero-order valence-corrected chi connectivity index (χ0v) is 22.9. The Bertz CT molecular complexity index is 1260. The van der Waals surface area contributed by atoms with Gasteiger partial charge in [-0.05, 0) is 98.5 Å². The SMILES string of the molecule is COc1cc(C)c(/C=C\C(C)=C\C[P+](c2ccccc2)(c2ccccc2)c2ccccc2)c(C)c1C. The number of allylic oxidation sites excluding steroid dienone is 3. The molecule has 0 aromatic heterocycles. The monoisotopic (exact) mass is 491 g/mol. The second kappa shape index (κ2) is 11.5. The molecule has 0 aliphatic rings. The van der Waals surface area contributed by atoms with Crippen molar-refractivity contribution in [3.05, 3.63) is 137 Å². The van der Waals surface area contributed by atoms with Gasteiger partial charge in [-0.1, -0.05) is 72.3 Å². The van der Waals surface area contributed by atoms with Gasteiger partial charge in [-0.3, -0.25) is 0 Å². The fourth-order valence-corrected chi connectivity index (χ4v) is 9.04. The van der Waals surface area contributed by atoms with Gasteiger partial charge in [-0.15, -0.1) is 0 Å². The van der Waals surface area contributed by atoms with Crippen molar-refractivity contribution < 1.29 is 4.74 Å². The van der Waals surface area contributed by atoms with Gasteiger partial charge in [-0.25, -0.2) is 0 Å². The third-order valence-electron chi connectivity index (χ3n) is 7.12. The lowest BCUT2D eigenvalue weighted by Crippen LogP contribution is -2.33. The Hall–Kier alpha value is -3.41. The van der Waals surface area contributed by atoms with E-state index in [2.05, 4.69) is 143 Å². The Balaban J connectivity index is 1.78. The van der Waals surface area contributed by atoms with Crippen molar-refractivity contribution in [2.45, 2.75) is 27.7 Å². The lowest BCUT2D eigenvalue weighted by Gasteiger charge is -2.26. The molecule has 1 nitrogen and oxygen atoms in total. The van der Waals surface area contributed by atoms with Crippen molar-refractivity contribution in [3.8, 4) is 5.75 Å². The van der Waals surface area contributed by atoms with E-state index in [0.29, 0.717) is 0 Å². The normalized spacial score (nSPS) is 12.2. The molecule has 4 rings (SSSR count). The van der Waals surface area contributed by atoms with Crippen LogP contribution in [-0.2, 0) is 0 Å². The lowest BCUT2D eigenvalue weighted by atomic mass is 9.96. The smallest absolute Gasteiger partial charge is 0.122 e. The molecular formula is C34H36OP+. The molecule has 0 bridgehead atoms. The number of methoxy groups -OCH3 is 1. The minimum Gasteiger partial charge on any atom is -0.496 e. The van der Waals surface area contributed by atoms with E-state index in [1.807, 2.05) is 0 Å². The van der Waals surface area contributed by atoms with Crippen LogP contribution in [0.25, 0.3) is 6.08 Å². The van der Waals surface area contributed by atoms with E-state index < -0.39 is 7.26 Å². The van der Waals surface area contributed by atoms with Crippen LogP contribution in [-0.4, -0.2) is 13.3 Å². The predicted molar refractivity (Wildman–Crippen MR) is 160 cm³/mol. The Morgan fingerprint density at radius 3 is 1.64 bits per heavy atom. The Morgan fingerprint density at radius 1 is 0.722 bits per heavy atom. The van der Waals surface area contributed by atoms with E-state index in [9.17, 15) is 0 Å². The van der Waals surface area contributed by atoms with Gasteiger partial charge in [0.25, 0.3) is 0 Å². The van der Waals surface area contributed by atoms with Crippen LogP contribution in [0.5, 0.6) is 5.75 Å². The molecule has 4 aromatic carbocycles. The van der Waals surface area contributed by atoms with E-state index in [1.54, 1.807) is 7.11 Å². The molecule has 0 saturated heterocycles. The molecule has 182 valence electrons. The maximum Gasteiger partial charge on any atom is 0.122 e. The van der Waals surface area contributed by atoms with Crippen molar-refractivity contribution >= 4 is 29.3 Å². The summed E-state index contributed by atoms with van der Waals surface area (Å²) in [5, 5.41) is 4.23. The number of hydrogen-bond donors (Lipinski definition) is 0. The molecule has 0 spiro atoms. The van der Waals surface area contributed by atoms with Gasteiger partial charge in [0.2, 0.25) is 0 Å². The predicted octanol–water partition coefficient (Wildman–Crippen LogP) is 7.57. The summed E-state index contributed by atoms with van der Waals surface area (Å²) in [5.41, 5.74) is 6.26. The Labute approximate surface area is 217 Å². The number of aryl methyl sites for hydroxylation is 1. The van der Waals surface area contributed by atoms with E-state index >= 15 is 0 Å². The summed E-state index contributed by atoms with van der Waals surface area (Å²) in [7, 11) is -0.126. The third kappa shape index (κ3) is 5.23. The molecule has 36 heavy (non-hydrogen) atoms. The highest BCUT2D eigenvalue weighted by Crippen LogP contribution is 2.55. The lowest BCUT2D eigenvalue weighted by molar-refractivity contribution is 0.411. The van der Waals surface area contributed by atoms with Gasteiger partial charge >= 0.3 is 0 Å². The van der Waals surface area contributed by atoms with E-state index in [1.165, 1.54) is 43.7 Å². The fraction of sp³-hybridized carbons (Fsp3) is 0.176. The van der Waals surface area contributed by atoms with Gasteiger partial charge in [0.05, 0.1) is 13.3 Å². The Kier molecular flexibility index (Phi) is 8.24. The van der Waals surface area contributed by atoms with Gasteiger partial charge in [0.15, 0.2) is 0 Å². The van der Waals surface area contributed by atoms with Crippen molar-refractivity contribution in [3.63, 3.8) is 0 Å². The van der Waals surface area contributed by atoms with Gasteiger partial charge < -0.3 is 4.74 Å². The third-order valence-corrected chi connectivity index (χ3v) is 11.4. The number of benzene rings is 4. The average Bonchev–Trinajstić information content (AvgIpc) is 2.93. The zero-order chi connectivity index (χ0) is 25.5. The van der Waals surface area contributed by atoms with Crippen LogP contribution in [0.2, 0.25) is 0 Å². The Morgan fingerprint density at radius 2 is 1.19 bits per heavy atom. The summed E-state index contributed by atoms with van der Waals surface area (Å²) in [5.74, 6) is 0.956.